The first-order valence-electron chi connectivity index (χ1n) is 6.81. The predicted octanol–water partition coefficient (Wildman–Crippen LogP) is 4.06. The molecule has 0 spiro atoms. The minimum Gasteiger partial charge on any atom is -0.462 e. The van der Waals surface area contributed by atoms with Gasteiger partial charge in [-0.3, -0.25) is 4.79 Å². The average Bonchev–Trinajstić information content (AvgIpc) is 2.86. The summed E-state index contributed by atoms with van der Waals surface area (Å²) in [6.45, 7) is 3.73. The standard InChI is InChI=1S/C16H14N2O3S2/c1-3-21-16(20)13-10(2)12(22-9-17)15(23-13)18-14(19)11-7-5-4-6-8-11/h4-8H,3H2,1-2H3,(H,18,19). The molecule has 0 aliphatic rings. The lowest BCUT2D eigenvalue weighted by Gasteiger charge is -2.04. The van der Waals surface area contributed by atoms with Crippen LogP contribution in [0.1, 0.15) is 32.5 Å². The third-order valence-electron chi connectivity index (χ3n) is 2.96. The van der Waals surface area contributed by atoms with Crippen LogP contribution in [-0.4, -0.2) is 18.5 Å². The Morgan fingerprint density at radius 1 is 1.35 bits per heavy atom. The largest absolute Gasteiger partial charge is 0.462 e. The number of ether oxygens (including phenoxy) is 1. The summed E-state index contributed by atoms with van der Waals surface area (Å²) < 4.78 is 5.01. The van der Waals surface area contributed by atoms with Gasteiger partial charge in [-0.25, -0.2) is 4.79 Å². The van der Waals surface area contributed by atoms with Gasteiger partial charge in [0, 0.05) is 5.56 Å². The van der Waals surface area contributed by atoms with E-state index in [1.165, 1.54) is 0 Å². The molecule has 5 nitrogen and oxygen atoms in total. The number of hydrogen-bond donors (Lipinski definition) is 1. The molecule has 0 atom stereocenters. The van der Waals surface area contributed by atoms with Crippen LogP contribution in [0, 0.1) is 17.6 Å². The van der Waals surface area contributed by atoms with Gasteiger partial charge in [0.2, 0.25) is 0 Å². The lowest BCUT2D eigenvalue weighted by Crippen LogP contribution is -2.11. The Morgan fingerprint density at radius 3 is 2.65 bits per heavy atom. The van der Waals surface area contributed by atoms with Crippen molar-refractivity contribution >= 4 is 40.0 Å². The first kappa shape index (κ1) is 17.1. The highest BCUT2D eigenvalue weighted by molar-refractivity contribution is 8.04. The summed E-state index contributed by atoms with van der Waals surface area (Å²) in [6, 6.07) is 8.74. The van der Waals surface area contributed by atoms with E-state index in [4.69, 9.17) is 10.00 Å². The fourth-order valence-corrected chi connectivity index (χ4v) is 3.70. The normalized spacial score (nSPS) is 9.96. The van der Waals surface area contributed by atoms with E-state index in [9.17, 15) is 9.59 Å². The summed E-state index contributed by atoms with van der Waals surface area (Å²) in [5, 5.41) is 14.2. The summed E-state index contributed by atoms with van der Waals surface area (Å²) in [4.78, 5) is 25.2. The Balaban J connectivity index is 2.34. The number of carbonyl (C=O) groups is 2. The SMILES string of the molecule is CCOC(=O)c1sc(NC(=O)c2ccccc2)c(SC#N)c1C. The fourth-order valence-electron chi connectivity index (χ4n) is 1.91. The van der Waals surface area contributed by atoms with E-state index in [1.807, 2.05) is 11.5 Å². The smallest absolute Gasteiger partial charge is 0.348 e. The number of anilines is 1. The topological polar surface area (TPSA) is 79.2 Å². The maximum atomic E-state index is 12.3. The van der Waals surface area contributed by atoms with E-state index >= 15 is 0 Å². The molecule has 7 heteroatoms. The Kier molecular flexibility index (Phi) is 5.79. The maximum absolute atomic E-state index is 12.3. The van der Waals surface area contributed by atoms with E-state index in [2.05, 4.69) is 5.32 Å². The molecule has 23 heavy (non-hydrogen) atoms. The van der Waals surface area contributed by atoms with Crippen molar-refractivity contribution in [3.8, 4) is 5.40 Å². The Morgan fingerprint density at radius 2 is 2.04 bits per heavy atom. The van der Waals surface area contributed by atoms with Crippen LogP contribution in [-0.2, 0) is 4.74 Å². The minimum atomic E-state index is -0.449. The monoisotopic (exact) mass is 346 g/mol. The van der Waals surface area contributed by atoms with Crippen molar-refractivity contribution in [3.05, 3.63) is 46.3 Å². The summed E-state index contributed by atoms with van der Waals surface area (Å²) in [5.74, 6) is -0.739. The lowest BCUT2D eigenvalue weighted by molar-refractivity contribution is 0.0531. The quantitative estimate of drug-likeness (QED) is 0.502. The molecule has 0 saturated heterocycles. The molecule has 0 aliphatic carbocycles. The zero-order valence-electron chi connectivity index (χ0n) is 12.6. The summed E-state index contributed by atoms with van der Waals surface area (Å²) in [7, 11) is 0. The Hall–Kier alpha value is -2.30. The van der Waals surface area contributed by atoms with E-state index < -0.39 is 5.97 Å². The number of thiophene rings is 1. The van der Waals surface area contributed by atoms with Crippen LogP contribution in [0.3, 0.4) is 0 Å². The highest BCUT2D eigenvalue weighted by Crippen LogP contribution is 2.40. The number of thioether (sulfide) groups is 1. The van der Waals surface area contributed by atoms with Crippen molar-refractivity contribution in [2.45, 2.75) is 18.7 Å². The van der Waals surface area contributed by atoms with Crippen LogP contribution in [0.2, 0.25) is 0 Å². The van der Waals surface area contributed by atoms with Gasteiger partial charge in [-0.1, -0.05) is 18.2 Å². The molecule has 0 unspecified atom stereocenters. The highest BCUT2D eigenvalue weighted by Gasteiger charge is 2.23. The number of hydrogen-bond acceptors (Lipinski definition) is 6. The van der Waals surface area contributed by atoms with Gasteiger partial charge in [-0.05, 0) is 43.3 Å². The van der Waals surface area contributed by atoms with Crippen LogP contribution in [0.5, 0.6) is 0 Å². The number of amides is 1. The molecule has 0 aliphatic heterocycles. The van der Waals surface area contributed by atoms with E-state index in [0.29, 0.717) is 25.9 Å². The molecule has 0 radical (unpaired) electrons. The van der Waals surface area contributed by atoms with Crippen molar-refractivity contribution in [1.29, 1.82) is 5.26 Å². The number of rotatable bonds is 5. The molecule has 0 bridgehead atoms. The molecule has 0 saturated carbocycles. The molecular formula is C16H14N2O3S2. The van der Waals surface area contributed by atoms with E-state index in [-0.39, 0.29) is 12.5 Å². The molecule has 1 aromatic heterocycles. The van der Waals surface area contributed by atoms with Gasteiger partial charge in [-0.15, -0.1) is 11.3 Å². The van der Waals surface area contributed by atoms with E-state index in [1.54, 1.807) is 38.1 Å². The van der Waals surface area contributed by atoms with Crippen molar-refractivity contribution in [2.24, 2.45) is 0 Å². The fraction of sp³-hybridized carbons (Fsp3) is 0.188. The molecular weight excluding hydrogens is 332 g/mol. The van der Waals surface area contributed by atoms with Crippen LogP contribution in [0.4, 0.5) is 5.00 Å². The number of nitrogens with one attached hydrogen (secondary N) is 1. The summed E-state index contributed by atoms with van der Waals surface area (Å²) >= 11 is 2.03. The van der Waals surface area contributed by atoms with Crippen molar-refractivity contribution in [1.82, 2.24) is 0 Å². The summed E-state index contributed by atoms with van der Waals surface area (Å²) in [5.41, 5.74) is 1.15. The Bertz CT molecular complexity index is 764. The van der Waals surface area contributed by atoms with Crippen molar-refractivity contribution in [2.75, 3.05) is 11.9 Å². The van der Waals surface area contributed by atoms with Gasteiger partial charge in [0.1, 0.15) is 15.3 Å². The lowest BCUT2D eigenvalue weighted by atomic mass is 10.2. The number of benzene rings is 1. The Labute approximate surface area is 142 Å². The van der Waals surface area contributed by atoms with Crippen LogP contribution >= 0.6 is 23.1 Å². The van der Waals surface area contributed by atoms with Crippen molar-refractivity contribution < 1.29 is 14.3 Å². The molecule has 2 rings (SSSR count). The zero-order chi connectivity index (χ0) is 16.8. The second kappa shape index (κ2) is 7.81. The first-order valence-corrected chi connectivity index (χ1v) is 8.44. The van der Waals surface area contributed by atoms with Crippen LogP contribution in [0.15, 0.2) is 35.2 Å². The average molecular weight is 346 g/mol. The third-order valence-corrected chi connectivity index (χ3v) is 5.09. The van der Waals surface area contributed by atoms with Crippen LogP contribution in [0.25, 0.3) is 0 Å². The number of nitrogens with zero attached hydrogens (tertiary/aromatic N) is 1. The zero-order valence-corrected chi connectivity index (χ0v) is 14.2. The van der Waals surface area contributed by atoms with Gasteiger partial charge in [0.05, 0.1) is 11.5 Å². The number of thiocyanates is 1. The third kappa shape index (κ3) is 3.92. The van der Waals surface area contributed by atoms with E-state index in [0.717, 1.165) is 23.1 Å². The molecule has 1 N–H and O–H groups in total. The predicted molar refractivity (Wildman–Crippen MR) is 90.9 cm³/mol. The highest BCUT2D eigenvalue weighted by atomic mass is 32.2. The van der Waals surface area contributed by atoms with Gasteiger partial charge in [-0.2, -0.15) is 5.26 Å². The molecule has 1 amide bonds. The van der Waals surface area contributed by atoms with Gasteiger partial charge >= 0.3 is 5.97 Å². The molecule has 1 aromatic carbocycles. The molecule has 1 heterocycles. The number of carbonyl (C=O) groups excluding carboxylic acids is 2. The van der Waals surface area contributed by atoms with Gasteiger partial charge in [0.25, 0.3) is 5.91 Å². The van der Waals surface area contributed by atoms with Crippen LogP contribution < -0.4 is 5.32 Å². The number of esters is 1. The minimum absolute atomic E-state index is 0.266. The maximum Gasteiger partial charge on any atom is 0.348 e. The van der Waals surface area contributed by atoms with Crippen molar-refractivity contribution in [3.63, 3.8) is 0 Å². The van der Waals surface area contributed by atoms with Gasteiger partial charge in [0.15, 0.2) is 0 Å². The second-order valence-electron chi connectivity index (χ2n) is 4.45. The number of nitriles is 1. The molecule has 118 valence electrons. The van der Waals surface area contributed by atoms with Gasteiger partial charge < -0.3 is 10.1 Å². The first-order chi connectivity index (χ1) is 11.1. The molecule has 0 fully saturated rings. The second-order valence-corrected chi connectivity index (χ2v) is 6.26. The summed E-state index contributed by atoms with van der Waals surface area (Å²) in [6.07, 6.45) is 0. The molecule has 2 aromatic rings.